The van der Waals surface area contributed by atoms with Crippen molar-refractivity contribution in [2.24, 2.45) is 16.7 Å². The lowest BCUT2D eigenvalue weighted by Crippen LogP contribution is -2.70. The van der Waals surface area contributed by atoms with Gasteiger partial charge in [0, 0.05) is 26.2 Å². The largest absolute Gasteiger partial charge is 0.508 e. The Hall–Kier alpha value is -2.73. The SMILES string of the molecule is CC12CN3CC(C)(CN(C1)C3c1ccc(O)cc1)C2.O.O=C(O)C(O)C(C(=O)O)C(=O)O. The molecule has 7 N–H and O–H groups in total. The molecule has 1 aromatic carbocycles. The van der Waals surface area contributed by atoms with Crippen molar-refractivity contribution in [3.8, 4) is 5.75 Å². The van der Waals surface area contributed by atoms with E-state index in [1.807, 2.05) is 12.1 Å². The zero-order valence-corrected chi connectivity index (χ0v) is 17.9. The first-order valence-electron chi connectivity index (χ1n) is 9.98. The van der Waals surface area contributed by atoms with Gasteiger partial charge in [-0.05, 0) is 34.9 Å². The summed E-state index contributed by atoms with van der Waals surface area (Å²) in [7, 11) is 0. The molecule has 11 nitrogen and oxygen atoms in total. The molecule has 1 unspecified atom stereocenters. The van der Waals surface area contributed by atoms with Crippen LogP contribution in [0, 0.1) is 16.7 Å². The van der Waals surface area contributed by atoms with Crippen LogP contribution in [0.25, 0.3) is 0 Å². The molecule has 0 spiro atoms. The summed E-state index contributed by atoms with van der Waals surface area (Å²) in [6.45, 7) is 9.73. The van der Waals surface area contributed by atoms with Gasteiger partial charge in [0.15, 0.2) is 12.0 Å². The third kappa shape index (κ3) is 5.01. The maximum Gasteiger partial charge on any atom is 0.334 e. The molecule has 0 aromatic heterocycles. The Kier molecular flexibility index (Phi) is 7.20. The number of piperidine rings is 2. The highest BCUT2D eigenvalue weighted by atomic mass is 16.4. The number of carboxylic acids is 3. The second-order valence-corrected chi connectivity index (χ2v) is 9.51. The number of phenolic OH excluding ortho intramolecular Hbond substituents is 1. The maximum atomic E-state index is 10.1. The number of aliphatic hydroxyl groups excluding tert-OH is 1. The number of aliphatic hydroxyl groups is 1. The smallest absolute Gasteiger partial charge is 0.334 e. The molecule has 4 heterocycles. The molecule has 1 atom stereocenters. The van der Waals surface area contributed by atoms with Crippen molar-refractivity contribution in [2.75, 3.05) is 26.2 Å². The van der Waals surface area contributed by atoms with Gasteiger partial charge in [0.1, 0.15) is 5.75 Å². The number of aliphatic carboxylic acids is 3. The third-order valence-electron chi connectivity index (χ3n) is 6.18. The van der Waals surface area contributed by atoms with Gasteiger partial charge in [0.05, 0.1) is 6.17 Å². The Morgan fingerprint density at radius 2 is 1.28 bits per heavy atom. The summed E-state index contributed by atoms with van der Waals surface area (Å²) >= 11 is 0. The summed E-state index contributed by atoms with van der Waals surface area (Å²) in [5.74, 6) is -7.64. The number of benzene rings is 1. The van der Waals surface area contributed by atoms with Gasteiger partial charge in [0.2, 0.25) is 0 Å². The molecule has 4 aliphatic rings. The molecule has 4 aliphatic heterocycles. The minimum atomic E-state index is -2.43. The molecule has 0 radical (unpaired) electrons. The Balaban J connectivity index is 0.000000247. The van der Waals surface area contributed by atoms with E-state index in [2.05, 4.69) is 35.8 Å². The lowest BCUT2D eigenvalue weighted by molar-refractivity contribution is -0.194. The highest BCUT2D eigenvalue weighted by Gasteiger charge is 2.56. The van der Waals surface area contributed by atoms with Crippen molar-refractivity contribution in [1.82, 2.24) is 9.80 Å². The van der Waals surface area contributed by atoms with E-state index in [-0.39, 0.29) is 5.48 Å². The molecule has 1 aromatic rings. The van der Waals surface area contributed by atoms with Crippen LogP contribution in [-0.4, -0.2) is 91.0 Å². The van der Waals surface area contributed by atoms with Crippen LogP contribution in [0.1, 0.15) is 32.0 Å². The monoisotopic (exact) mass is 454 g/mol. The highest BCUT2D eigenvalue weighted by Crippen LogP contribution is 2.54. The molecule has 0 saturated carbocycles. The molecular weight excluding hydrogens is 424 g/mol. The van der Waals surface area contributed by atoms with Gasteiger partial charge in [-0.15, -0.1) is 0 Å². The van der Waals surface area contributed by atoms with E-state index in [9.17, 15) is 19.5 Å². The summed E-state index contributed by atoms with van der Waals surface area (Å²) in [5, 5.41) is 42.4. The predicted molar refractivity (Wildman–Crippen MR) is 111 cm³/mol. The van der Waals surface area contributed by atoms with Crippen molar-refractivity contribution in [3.05, 3.63) is 29.8 Å². The number of hydrogen-bond donors (Lipinski definition) is 5. The summed E-state index contributed by atoms with van der Waals surface area (Å²) in [6, 6.07) is 7.78. The number of nitrogens with zero attached hydrogens (tertiary/aromatic N) is 2. The summed E-state index contributed by atoms with van der Waals surface area (Å²) in [5.41, 5.74) is 2.26. The quantitative estimate of drug-likeness (QED) is 0.373. The van der Waals surface area contributed by atoms with Crippen LogP contribution in [0.5, 0.6) is 5.75 Å². The van der Waals surface area contributed by atoms with Gasteiger partial charge >= 0.3 is 17.9 Å². The fourth-order valence-corrected chi connectivity index (χ4v) is 5.59. The predicted octanol–water partition coefficient (Wildman–Crippen LogP) is -0.169. The van der Waals surface area contributed by atoms with E-state index in [0.717, 1.165) is 0 Å². The molecule has 11 heteroatoms. The Bertz CT molecular complexity index is 823. The molecule has 4 saturated heterocycles. The molecule has 5 rings (SSSR count). The third-order valence-corrected chi connectivity index (χ3v) is 6.18. The van der Waals surface area contributed by atoms with Gasteiger partial charge < -0.3 is 31.0 Å². The molecule has 4 fully saturated rings. The van der Waals surface area contributed by atoms with Crippen LogP contribution in [-0.2, 0) is 14.4 Å². The number of hydrogen-bond acceptors (Lipinski definition) is 7. The van der Waals surface area contributed by atoms with Crippen LogP contribution in [0.3, 0.4) is 0 Å². The van der Waals surface area contributed by atoms with E-state index in [0.29, 0.717) is 22.7 Å². The van der Waals surface area contributed by atoms with Gasteiger partial charge in [-0.3, -0.25) is 19.4 Å². The van der Waals surface area contributed by atoms with Gasteiger partial charge in [0.25, 0.3) is 0 Å². The lowest BCUT2D eigenvalue weighted by atomic mass is 9.63. The van der Waals surface area contributed by atoms with E-state index in [4.69, 9.17) is 20.4 Å². The van der Waals surface area contributed by atoms with Crippen molar-refractivity contribution in [2.45, 2.75) is 32.5 Å². The zero-order chi connectivity index (χ0) is 23.1. The summed E-state index contributed by atoms with van der Waals surface area (Å²) in [4.78, 5) is 35.4. The molecule has 32 heavy (non-hydrogen) atoms. The van der Waals surface area contributed by atoms with E-state index >= 15 is 0 Å². The number of rotatable bonds is 5. The van der Waals surface area contributed by atoms with Crippen molar-refractivity contribution in [3.63, 3.8) is 0 Å². The minimum absolute atomic E-state index is 0. The normalized spacial score (nSPS) is 32.9. The fraction of sp³-hybridized carbons (Fsp3) is 0.571. The Morgan fingerprint density at radius 3 is 1.59 bits per heavy atom. The number of phenols is 1. The Labute approximate surface area is 184 Å². The number of carboxylic acid groups (broad SMARTS) is 3. The number of carbonyl (C=O) groups is 3. The van der Waals surface area contributed by atoms with E-state index < -0.39 is 29.9 Å². The second kappa shape index (κ2) is 9.02. The molecule has 0 aliphatic carbocycles. The fourth-order valence-electron chi connectivity index (χ4n) is 5.59. The first kappa shape index (κ1) is 25.5. The number of aromatic hydroxyl groups is 1. The second-order valence-electron chi connectivity index (χ2n) is 9.51. The standard InChI is InChI=1S/C16H22N2O.C5H6O7.H2O/c1-15-7-16(2)10-17(8-15)14(18(9-15)11-16)12-3-5-13(19)6-4-12;6-2(5(11)12)1(3(7)8)4(9)10;/h3-6,14,19H,7-11H2,1-2H3;1-2,6H,(H,7,8)(H,9,10)(H,11,12);1H2. The van der Waals surface area contributed by atoms with Gasteiger partial charge in [-0.2, -0.15) is 0 Å². The summed E-state index contributed by atoms with van der Waals surface area (Å²) < 4.78 is 0. The Morgan fingerprint density at radius 1 is 0.875 bits per heavy atom. The van der Waals surface area contributed by atoms with Crippen LogP contribution in [0.4, 0.5) is 0 Å². The molecular formula is C21H30N2O9. The average Bonchev–Trinajstić information content (AvgIpc) is 2.60. The van der Waals surface area contributed by atoms with Crippen molar-refractivity contribution >= 4 is 17.9 Å². The average molecular weight is 454 g/mol. The maximum absolute atomic E-state index is 10.1. The zero-order valence-electron chi connectivity index (χ0n) is 17.9. The van der Waals surface area contributed by atoms with Gasteiger partial charge in [-0.25, -0.2) is 4.79 Å². The first-order valence-corrected chi connectivity index (χ1v) is 9.98. The van der Waals surface area contributed by atoms with Crippen molar-refractivity contribution < 1.29 is 45.4 Å². The van der Waals surface area contributed by atoms with Crippen LogP contribution in [0.2, 0.25) is 0 Å². The van der Waals surface area contributed by atoms with Crippen LogP contribution in [0.15, 0.2) is 24.3 Å². The minimum Gasteiger partial charge on any atom is -0.508 e. The van der Waals surface area contributed by atoms with Crippen LogP contribution < -0.4 is 0 Å². The summed E-state index contributed by atoms with van der Waals surface area (Å²) in [6.07, 6.45) is -0.642. The van der Waals surface area contributed by atoms with Gasteiger partial charge in [-0.1, -0.05) is 26.0 Å². The highest BCUT2D eigenvalue weighted by molar-refractivity contribution is 5.98. The molecule has 0 amide bonds. The lowest BCUT2D eigenvalue weighted by Gasteiger charge is -2.66. The molecule has 178 valence electrons. The topological polar surface area (TPSA) is 190 Å². The van der Waals surface area contributed by atoms with Crippen LogP contribution >= 0.6 is 0 Å². The van der Waals surface area contributed by atoms with E-state index in [1.54, 1.807) is 0 Å². The van der Waals surface area contributed by atoms with E-state index in [1.165, 1.54) is 38.2 Å². The first-order chi connectivity index (χ1) is 14.3. The molecule has 4 bridgehead atoms. The van der Waals surface area contributed by atoms with Crippen molar-refractivity contribution in [1.29, 1.82) is 0 Å².